The first-order chi connectivity index (χ1) is 9.80. The van der Waals surface area contributed by atoms with Crippen molar-refractivity contribution in [2.45, 2.75) is 51.6 Å². The molecule has 2 nitrogen and oxygen atoms in total. The quantitative estimate of drug-likeness (QED) is 0.813. The molecular formula is C17H22ClFO2. The number of hydrogen-bond donors (Lipinski definition) is 0. The third-order valence-corrected chi connectivity index (χ3v) is 5.12. The van der Waals surface area contributed by atoms with E-state index in [1.807, 2.05) is 0 Å². The van der Waals surface area contributed by atoms with Gasteiger partial charge in [-0.1, -0.05) is 37.6 Å². The highest BCUT2D eigenvalue weighted by molar-refractivity contribution is 6.31. The van der Waals surface area contributed by atoms with E-state index < -0.39 is 11.4 Å². The molecule has 4 heteroatoms. The molecule has 0 unspecified atom stereocenters. The topological polar surface area (TPSA) is 26.3 Å². The number of ether oxygens (including phenoxy) is 1. The highest BCUT2D eigenvalue weighted by atomic mass is 35.5. The van der Waals surface area contributed by atoms with Crippen LogP contribution in [-0.4, -0.2) is 18.5 Å². The Hall–Kier alpha value is -0.930. The van der Waals surface area contributed by atoms with Crippen LogP contribution in [0.2, 0.25) is 5.02 Å². The Morgan fingerprint density at radius 2 is 1.90 bits per heavy atom. The fourth-order valence-electron chi connectivity index (χ4n) is 2.95. The van der Waals surface area contributed by atoms with E-state index >= 15 is 0 Å². The van der Waals surface area contributed by atoms with Crippen molar-refractivity contribution in [2.75, 3.05) is 7.11 Å². The summed E-state index contributed by atoms with van der Waals surface area (Å²) >= 11 is 5.94. The van der Waals surface area contributed by atoms with Gasteiger partial charge in [0.1, 0.15) is 11.4 Å². The Morgan fingerprint density at radius 1 is 1.29 bits per heavy atom. The molecule has 1 aromatic carbocycles. The molecule has 0 atom stereocenters. The minimum atomic E-state index is -0.745. The summed E-state index contributed by atoms with van der Waals surface area (Å²) in [4.78, 5) is 12.7. The van der Waals surface area contributed by atoms with Crippen LogP contribution in [0.4, 0.5) is 4.39 Å². The van der Waals surface area contributed by atoms with Crippen LogP contribution in [0.5, 0.6) is 0 Å². The molecule has 0 N–H and O–H groups in total. The zero-order valence-electron chi connectivity index (χ0n) is 12.8. The summed E-state index contributed by atoms with van der Waals surface area (Å²) in [5.41, 5.74) is 0.0344. The molecule has 0 heterocycles. The van der Waals surface area contributed by atoms with E-state index in [-0.39, 0.29) is 22.6 Å². The van der Waals surface area contributed by atoms with Gasteiger partial charge in [-0.3, -0.25) is 4.79 Å². The average molecular weight is 313 g/mol. The minimum Gasteiger partial charge on any atom is -0.370 e. The lowest BCUT2D eigenvalue weighted by Gasteiger charge is -2.41. The van der Waals surface area contributed by atoms with Gasteiger partial charge in [0.2, 0.25) is 0 Å². The molecule has 0 saturated heterocycles. The summed E-state index contributed by atoms with van der Waals surface area (Å²) in [6.07, 6.45) is 3.43. The van der Waals surface area contributed by atoms with Crippen LogP contribution >= 0.6 is 11.6 Å². The molecular weight excluding hydrogens is 291 g/mol. The second-order valence-electron chi connectivity index (χ2n) is 6.68. The van der Waals surface area contributed by atoms with Crippen LogP contribution < -0.4 is 0 Å². The first-order valence-electron chi connectivity index (χ1n) is 7.31. The van der Waals surface area contributed by atoms with Crippen molar-refractivity contribution in [2.24, 2.45) is 5.41 Å². The Kier molecular flexibility index (Phi) is 4.74. The molecule has 1 aliphatic rings. The predicted octanol–water partition coefficient (Wildman–Crippen LogP) is 4.58. The maximum atomic E-state index is 13.5. The van der Waals surface area contributed by atoms with Crippen molar-refractivity contribution in [3.8, 4) is 0 Å². The van der Waals surface area contributed by atoms with Crippen LogP contribution in [0.3, 0.4) is 0 Å². The van der Waals surface area contributed by atoms with Crippen molar-refractivity contribution in [3.05, 3.63) is 34.6 Å². The summed E-state index contributed by atoms with van der Waals surface area (Å²) < 4.78 is 19.1. The van der Waals surface area contributed by atoms with Crippen LogP contribution in [0.25, 0.3) is 0 Å². The number of hydrogen-bond acceptors (Lipinski definition) is 2. The number of benzene rings is 1. The van der Waals surface area contributed by atoms with Crippen molar-refractivity contribution >= 4 is 17.4 Å². The normalized spacial score (nSPS) is 20.2. The Bertz CT molecular complexity index is 530. The van der Waals surface area contributed by atoms with Gasteiger partial charge in [-0.05, 0) is 42.7 Å². The van der Waals surface area contributed by atoms with Crippen LogP contribution in [0.1, 0.15) is 45.1 Å². The van der Waals surface area contributed by atoms with Crippen molar-refractivity contribution < 1.29 is 13.9 Å². The Balaban J connectivity index is 2.16. The van der Waals surface area contributed by atoms with E-state index in [9.17, 15) is 9.18 Å². The number of ketones is 1. The van der Waals surface area contributed by atoms with Crippen molar-refractivity contribution in [1.82, 2.24) is 0 Å². The molecule has 0 spiro atoms. The Morgan fingerprint density at radius 3 is 2.48 bits per heavy atom. The predicted molar refractivity (Wildman–Crippen MR) is 82.1 cm³/mol. The molecule has 116 valence electrons. The number of halogens is 2. The lowest BCUT2D eigenvalue weighted by atomic mass is 9.69. The highest BCUT2D eigenvalue weighted by Crippen LogP contribution is 2.42. The fourth-order valence-corrected chi connectivity index (χ4v) is 3.14. The SMILES string of the molecule is COC1(C(=O)Cc2cccc(F)c2Cl)CCC(C)(C)CC1. The molecule has 1 saturated carbocycles. The van der Waals surface area contributed by atoms with E-state index in [0.717, 1.165) is 12.8 Å². The summed E-state index contributed by atoms with van der Waals surface area (Å²) in [7, 11) is 1.59. The van der Waals surface area contributed by atoms with Crippen molar-refractivity contribution in [1.29, 1.82) is 0 Å². The van der Waals surface area contributed by atoms with Gasteiger partial charge < -0.3 is 4.74 Å². The maximum absolute atomic E-state index is 13.5. The molecule has 1 aliphatic carbocycles. The summed E-state index contributed by atoms with van der Waals surface area (Å²) in [5.74, 6) is -0.494. The standard InChI is InChI=1S/C17H22ClFO2/c1-16(2)7-9-17(21-3,10-8-16)14(20)11-12-5-4-6-13(19)15(12)18/h4-6H,7-11H2,1-3H3. The van der Waals surface area contributed by atoms with E-state index in [2.05, 4.69) is 13.8 Å². The van der Waals surface area contributed by atoms with Gasteiger partial charge in [0.25, 0.3) is 0 Å². The zero-order valence-corrected chi connectivity index (χ0v) is 13.6. The lowest BCUT2D eigenvalue weighted by Crippen LogP contribution is -2.46. The molecule has 0 aromatic heterocycles. The third kappa shape index (κ3) is 3.46. The van der Waals surface area contributed by atoms with Crippen LogP contribution in [0, 0.1) is 11.2 Å². The second kappa shape index (κ2) is 6.05. The van der Waals surface area contributed by atoms with Crippen LogP contribution in [0.15, 0.2) is 18.2 Å². The second-order valence-corrected chi connectivity index (χ2v) is 7.05. The van der Waals surface area contributed by atoms with Gasteiger partial charge in [0.15, 0.2) is 5.78 Å². The van der Waals surface area contributed by atoms with Crippen LogP contribution in [-0.2, 0) is 16.0 Å². The maximum Gasteiger partial charge on any atom is 0.169 e. The molecule has 1 aromatic rings. The number of carbonyl (C=O) groups is 1. The minimum absolute atomic E-state index is 0.00648. The Labute approximate surface area is 130 Å². The molecule has 2 rings (SSSR count). The largest absolute Gasteiger partial charge is 0.370 e. The number of rotatable bonds is 4. The first-order valence-corrected chi connectivity index (χ1v) is 7.69. The molecule has 21 heavy (non-hydrogen) atoms. The van der Waals surface area contributed by atoms with Crippen molar-refractivity contribution in [3.63, 3.8) is 0 Å². The van der Waals surface area contributed by atoms with Gasteiger partial charge in [0.05, 0.1) is 5.02 Å². The zero-order chi connectivity index (χ0) is 15.7. The first kappa shape index (κ1) is 16.4. The average Bonchev–Trinajstić information content (AvgIpc) is 2.44. The molecule has 0 aliphatic heterocycles. The molecule has 0 bridgehead atoms. The van der Waals surface area contributed by atoms with Gasteiger partial charge in [-0.2, -0.15) is 0 Å². The van der Waals surface area contributed by atoms with Gasteiger partial charge >= 0.3 is 0 Å². The summed E-state index contributed by atoms with van der Waals surface area (Å²) in [6.45, 7) is 4.42. The highest BCUT2D eigenvalue weighted by Gasteiger charge is 2.43. The van der Waals surface area contributed by atoms with Gasteiger partial charge in [0, 0.05) is 13.5 Å². The van der Waals surface area contributed by atoms with E-state index in [1.165, 1.54) is 6.07 Å². The number of carbonyl (C=O) groups excluding carboxylic acids is 1. The fraction of sp³-hybridized carbons (Fsp3) is 0.588. The lowest BCUT2D eigenvalue weighted by molar-refractivity contribution is -0.147. The molecule has 1 fully saturated rings. The third-order valence-electron chi connectivity index (χ3n) is 4.69. The molecule has 0 radical (unpaired) electrons. The smallest absolute Gasteiger partial charge is 0.169 e. The van der Waals surface area contributed by atoms with Gasteiger partial charge in [-0.25, -0.2) is 4.39 Å². The van der Waals surface area contributed by atoms with Gasteiger partial charge in [-0.15, -0.1) is 0 Å². The monoisotopic (exact) mass is 312 g/mol. The summed E-state index contributed by atoms with van der Waals surface area (Å²) in [6, 6.07) is 4.57. The van der Waals surface area contributed by atoms with E-state index in [1.54, 1.807) is 19.2 Å². The van der Waals surface area contributed by atoms with E-state index in [4.69, 9.17) is 16.3 Å². The van der Waals surface area contributed by atoms with E-state index in [0.29, 0.717) is 18.4 Å². The summed E-state index contributed by atoms with van der Waals surface area (Å²) in [5, 5.41) is 0.0354. The molecule has 0 amide bonds. The number of Topliss-reactive ketones (excluding diaryl/α,β-unsaturated/α-hetero) is 1. The number of methoxy groups -OCH3 is 1.